The molecule has 2 heterocycles. The van der Waals surface area contributed by atoms with E-state index in [0.29, 0.717) is 6.54 Å². The first-order valence-electron chi connectivity index (χ1n) is 7.62. The first-order valence-corrected chi connectivity index (χ1v) is 7.62. The Bertz CT molecular complexity index is 474. The van der Waals surface area contributed by atoms with Crippen molar-refractivity contribution in [3.8, 4) is 0 Å². The standard InChI is InChI=1S/C15H26N4O2/c1-4-15(3,11-16)14(20)19-7-5-18(6-8-19)10-13-9-12(2)17-21-13/h9H,4-8,10-11,16H2,1-3H3. The fourth-order valence-electron chi connectivity index (χ4n) is 2.58. The van der Waals surface area contributed by atoms with Crippen LogP contribution in [-0.4, -0.2) is 53.6 Å². The van der Waals surface area contributed by atoms with Crippen LogP contribution in [0.5, 0.6) is 0 Å². The van der Waals surface area contributed by atoms with E-state index in [4.69, 9.17) is 10.3 Å². The van der Waals surface area contributed by atoms with Gasteiger partial charge in [-0.05, 0) is 20.3 Å². The lowest BCUT2D eigenvalue weighted by atomic mass is 9.86. The number of piperazine rings is 1. The van der Waals surface area contributed by atoms with E-state index in [1.807, 2.05) is 31.7 Å². The Morgan fingerprint density at radius 1 is 1.43 bits per heavy atom. The van der Waals surface area contributed by atoms with Gasteiger partial charge in [0, 0.05) is 38.8 Å². The highest BCUT2D eigenvalue weighted by Crippen LogP contribution is 2.23. The quantitative estimate of drug-likeness (QED) is 0.877. The van der Waals surface area contributed by atoms with Crippen LogP contribution in [0, 0.1) is 12.3 Å². The molecule has 1 atom stereocenters. The molecule has 1 aromatic rings. The van der Waals surface area contributed by atoms with Crippen molar-refractivity contribution < 1.29 is 9.32 Å². The van der Waals surface area contributed by atoms with Crippen molar-refractivity contribution in [1.29, 1.82) is 0 Å². The van der Waals surface area contributed by atoms with E-state index >= 15 is 0 Å². The summed E-state index contributed by atoms with van der Waals surface area (Å²) in [5.74, 6) is 1.07. The summed E-state index contributed by atoms with van der Waals surface area (Å²) in [6.45, 7) is 10.3. The predicted molar refractivity (Wildman–Crippen MR) is 80.5 cm³/mol. The molecule has 6 nitrogen and oxygen atoms in total. The van der Waals surface area contributed by atoms with Crippen LogP contribution in [-0.2, 0) is 11.3 Å². The van der Waals surface area contributed by atoms with E-state index in [1.165, 1.54) is 0 Å². The predicted octanol–water partition coefficient (Wildman–Crippen LogP) is 1.00. The molecule has 6 heteroatoms. The number of hydrogen-bond donors (Lipinski definition) is 1. The molecule has 2 N–H and O–H groups in total. The van der Waals surface area contributed by atoms with Gasteiger partial charge in [-0.25, -0.2) is 0 Å². The second-order valence-electron chi connectivity index (χ2n) is 6.12. The summed E-state index contributed by atoms with van der Waals surface area (Å²) in [6, 6.07) is 1.96. The number of hydrogen-bond acceptors (Lipinski definition) is 5. The summed E-state index contributed by atoms with van der Waals surface area (Å²) in [7, 11) is 0. The van der Waals surface area contributed by atoms with Crippen LogP contribution < -0.4 is 5.73 Å². The molecular weight excluding hydrogens is 268 g/mol. The molecule has 2 rings (SSSR count). The Balaban J connectivity index is 1.87. The highest BCUT2D eigenvalue weighted by molar-refractivity contribution is 5.82. The third kappa shape index (κ3) is 3.63. The van der Waals surface area contributed by atoms with Gasteiger partial charge in [0.1, 0.15) is 0 Å². The molecule has 118 valence electrons. The molecule has 0 spiro atoms. The molecule has 1 saturated heterocycles. The van der Waals surface area contributed by atoms with Gasteiger partial charge in [-0.1, -0.05) is 12.1 Å². The van der Waals surface area contributed by atoms with Crippen LogP contribution in [0.3, 0.4) is 0 Å². The number of rotatable bonds is 5. The summed E-state index contributed by atoms with van der Waals surface area (Å²) in [5.41, 5.74) is 6.26. The maximum absolute atomic E-state index is 12.5. The average Bonchev–Trinajstić information content (AvgIpc) is 2.91. The fraction of sp³-hybridized carbons (Fsp3) is 0.733. The lowest BCUT2D eigenvalue weighted by molar-refractivity contribution is -0.142. The highest BCUT2D eigenvalue weighted by atomic mass is 16.5. The van der Waals surface area contributed by atoms with Crippen molar-refractivity contribution in [2.45, 2.75) is 33.7 Å². The largest absolute Gasteiger partial charge is 0.360 e. The normalized spacial score (nSPS) is 19.5. The van der Waals surface area contributed by atoms with Gasteiger partial charge in [-0.2, -0.15) is 0 Å². The maximum Gasteiger partial charge on any atom is 0.229 e. The molecular formula is C15H26N4O2. The molecule has 21 heavy (non-hydrogen) atoms. The Hall–Kier alpha value is -1.40. The van der Waals surface area contributed by atoms with Gasteiger partial charge in [0.25, 0.3) is 0 Å². The van der Waals surface area contributed by atoms with Gasteiger partial charge < -0.3 is 15.2 Å². The number of carbonyl (C=O) groups excluding carboxylic acids is 1. The van der Waals surface area contributed by atoms with E-state index in [0.717, 1.165) is 50.6 Å². The monoisotopic (exact) mass is 294 g/mol. The SMILES string of the molecule is CCC(C)(CN)C(=O)N1CCN(Cc2cc(C)no2)CC1. The van der Waals surface area contributed by atoms with Gasteiger partial charge in [0.2, 0.25) is 5.91 Å². The Morgan fingerprint density at radius 2 is 2.10 bits per heavy atom. The van der Waals surface area contributed by atoms with Crippen LogP contribution in [0.2, 0.25) is 0 Å². The topological polar surface area (TPSA) is 75.6 Å². The first kappa shape index (κ1) is 16.0. The van der Waals surface area contributed by atoms with Gasteiger partial charge in [0.05, 0.1) is 17.7 Å². The molecule has 0 radical (unpaired) electrons. The summed E-state index contributed by atoms with van der Waals surface area (Å²) >= 11 is 0. The molecule has 1 aliphatic heterocycles. The van der Waals surface area contributed by atoms with E-state index in [2.05, 4.69) is 10.1 Å². The minimum atomic E-state index is -0.426. The third-order valence-corrected chi connectivity index (χ3v) is 4.46. The van der Waals surface area contributed by atoms with Crippen LogP contribution in [0.15, 0.2) is 10.6 Å². The smallest absolute Gasteiger partial charge is 0.229 e. The van der Waals surface area contributed by atoms with Crippen LogP contribution in [0.25, 0.3) is 0 Å². The molecule has 0 aromatic carbocycles. The Labute approximate surface area is 126 Å². The molecule has 1 aliphatic rings. The van der Waals surface area contributed by atoms with Gasteiger partial charge in [-0.3, -0.25) is 9.69 Å². The summed E-state index contributed by atoms with van der Waals surface area (Å²) < 4.78 is 5.24. The second kappa shape index (κ2) is 6.58. The van der Waals surface area contributed by atoms with Crippen molar-refractivity contribution in [3.63, 3.8) is 0 Å². The molecule has 1 amide bonds. The zero-order valence-corrected chi connectivity index (χ0v) is 13.3. The van der Waals surface area contributed by atoms with Gasteiger partial charge in [0.15, 0.2) is 5.76 Å². The lowest BCUT2D eigenvalue weighted by Crippen LogP contribution is -2.53. The van der Waals surface area contributed by atoms with Crippen LogP contribution in [0.1, 0.15) is 31.7 Å². The molecule has 0 bridgehead atoms. The summed E-state index contributed by atoms with van der Waals surface area (Å²) in [4.78, 5) is 16.8. The van der Waals surface area contributed by atoms with Crippen molar-refractivity contribution in [1.82, 2.24) is 15.0 Å². The number of aromatic nitrogens is 1. The van der Waals surface area contributed by atoms with Crippen molar-refractivity contribution in [3.05, 3.63) is 17.5 Å². The summed E-state index contributed by atoms with van der Waals surface area (Å²) in [6.07, 6.45) is 0.778. The average molecular weight is 294 g/mol. The van der Waals surface area contributed by atoms with Crippen LogP contribution in [0.4, 0.5) is 0 Å². The van der Waals surface area contributed by atoms with Gasteiger partial charge in [-0.15, -0.1) is 0 Å². The zero-order chi connectivity index (χ0) is 15.5. The minimum Gasteiger partial charge on any atom is -0.360 e. The molecule has 0 aliphatic carbocycles. The molecule has 1 aromatic heterocycles. The van der Waals surface area contributed by atoms with E-state index in [1.54, 1.807) is 0 Å². The van der Waals surface area contributed by atoms with Gasteiger partial charge >= 0.3 is 0 Å². The van der Waals surface area contributed by atoms with E-state index < -0.39 is 5.41 Å². The van der Waals surface area contributed by atoms with Crippen molar-refractivity contribution in [2.24, 2.45) is 11.1 Å². The minimum absolute atomic E-state index is 0.183. The maximum atomic E-state index is 12.5. The first-order chi connectivity index (χ1) is 9.98. The van der Waals surface area contributed by atoms with Crippen molar-refractivity contribution >= 4 is 5.91 Å². The summed E-state index contributed by atoms with van der Waals surface area (Å²) in [5, 5.41) is 3.90. The molecule has 1 unspecified atom stereocenters. The fourth-order valence-corrected chi connectivity index (χ4v) is 2.58. The number of amides is 1. The van der Waals surface area contributed by atoms with Crippen LogP contribution >= 0.6 is 0 Å². The highest BCUT2D eigenvalue weighted by Gasteiger charge is 2.35. The van der Waals surface area contributed by atoms with Crippen molar-refractivity contribution in [2.75, 3.05) is 32.7 Å². The third-order valence-electron chi connectivity index (χ3n) is 4.46. The number of carbonyl (C=O) groups is 1. The number of nitrogens with zero attached hydrogens (tertiary/aromatic N) is 3. The van der Waals surface area contributed by atoms with E-state index in [-0.39, 0.29) is 5.91 Å². The Morgan fingerprint density at radius 3 is 2.57 bits per heavy atom. The zero-order valence-electron chi connectivity index (χ0n) is 13.3. The Kier molecular flexibility index (Phi) is 5.00. The number of aryl methyl sites for hydroxylation is 1. The molecule has 1 fully saturated rings. The lowest BCUT2D eigenvalue weighted by Gasteiger charge is -2.38. The second-order valence-corrected chi connectivity index (χ2v) is 6.12. The molecule has 0 saturated carbocycles. The van der Waals surface area contributed by atoms with E-state index in [9.17, 15) is 4.79 Å². The number of nitrogens with two attached hydrogens (primary N) is 1.